The number of esters is 1. The number of ether oxygens (including phenoxy) is 1. The molecular formula is C15H9F3N2O3S. The molecule has 2 heterocycles. The Bertz CT molecular complexity index is 844. The zero-order valence-electron chi connectivity index (χ0n) is 11.9. The minimum absolute atomic E-state index is 0.00348. The number of hydrogen-bond donors (Lipinski definition) is 0. The van der Waals surface area contributed by atoms with Crippen molar-refractivity contribution in [3.05, 3.63) is 58.8 Å². The lowest BCUT2D eigenvalue weighted by molar-refractivity contribution is -0.138. The third-order valence-electron chi connectivity index (χ3n) is 2.99. The highest BCUT2D eigenvalue weighted by atomic mass is 32.1. The Kier molecular flexibility index (Phi) is 4.34. The van der Waals surface area contributed by atoms with Gasteiger partial charge in [-0.2, -0.15) is 18.2 Å². The molecule has 0 aliphatic carbocycles. The van der Waals surface area contributed by atoms with Crippen LogP contribution in [0.3, 0.4) is 0 Å². The van der Waals surface area contributed by atoms with Gasteiger partial charge in [-0.3, -0.25) is 0 Å². The summed E-state index contributed by atoms with van der Waals surface area (Å²) in [6, 6.07) is 7.99. The monoisotopic (exact) mass is 354 g/mol. The summed E-state index contributed by atoms with van der Waals surface area (Å²) in [5.41, 5.74) is -1.62. The summed E-state index contributed by atoms with van der Waals surface area (Å²) in [5.74, 6) is -0.790. The second kappa shape index (κ2) is 6.44. The fraction of sp³-hybridized carbons (Fsp3) is 0.133. The summed E-state index contributed by atoms with van der Waals surface area (Å²) < 4.78 is 48.4. The van der Waals surface area contributed by atoms with Gasteiger partial charge in [-0.05, 0) is 23.6 Å². The first kappa shape index (κ1) is 16.2. The normalized spacial score (nSPS) is 11.5. The molecule has 1 aromatic carbocycles. The van der Waals surface area contributed by atoms with Crippen LogP contribution in [0.2, 0.25) is 0 Å². The first-order chi connectivity index (χ1) is 11.4. The summed E-state index contributed by atoms with van der Waals surface area (Å²) in [6.45, 7) is -0.413. The molecule has 0 spiro atoms. The molecule has 0 aliphatic heterocycles. The predicted octanol–water partition coefficient (Wildman–Crippen LogP) is 4.17. The molecule has 0 bridgehead atoms. The molecular weight excluding hydrogens is 345 g/mol. The molecule has 9 heteroatoms. The van der Waals surface area contributed by atoms with Crippen molar-refractivity contribution >= 4 is 17.3 Å². The van der Waals surface area contributed by atoms with Gasteiger partial charge in [0.2, 0.25) is 5.82 Å². The summed E-state index contributed by atoms with van der Waals surface area (Å²) >= 11 is 1.40. The molecule has 0 aliphatic rings. The van der Waals surface area contributed by atoms with Crippen molar-refractivity contribution in [2.45, 2.75) is 12.8 Å². The van der Waals surface area contributed by atoms with Gasteiger partial charge in [0, 0.05) is 0 Å². The summed E-state index contributed by atoms with van der Waals surface area (Å²) in [7, 11) is 0. The van der Waals surface area contributed by atoms with E-state index in [4.69, 9.17) is 9.26 Å². The maximum atomic E-state index is 12.9. The highest BCUT2D eigenvalue weighted by Gasteiger charge is 2.35. The number of carbonyl (C=O) groups is 1. The Morgan fingerprint density at radius 1 is 1.21 bits per heavy atom. The number of nitrogens with zero attached hydrogens (tertiary/aromatic N) is 2. The van der Waals surface area contributed by atoms with Crippen LogP contribution in [0.15, 0.2) is 46.3 Å². The number of halogens is 3. The number of carbonyl (C=O) groups excluding carboxylic acids is 1. The zero-order valence-corrected chi connectivity index (χ0v) is 12.7. The van der Waals surface area contributed by atoms with Crippen LogP contribution in [0.5, 0.6) is 0 Å². The van der Waals surface area contributed by atoms with E-state index in [9.17, 15) is 18.0 Å². The fourth-order valence-electron chi connectivity index (χ4n) is 1.93. The molecule has 5 nitrogen and oxygen atoms in total. The maximum Gasteiger partial charge on any atom is 0.417 e. The van der Waals surface area contributed by atoms with Crippen molar-refractivity contribution in [2.75, 3.05) is 0 Å². The van der Waals surface area contributed by atoms with Crippen molar-refractivity contribution in [2.24, 2.45) is 0 Å². The van der Waals surface area contributed by atoms with Crippen LogP contribution in [0.1, 0.15) is 21.8 Å². The van der Waals surface area contributed by atoms with Gasteiger partial charge in [0.15, 0.2) is 6.61 Å². The molecule has 0 saturated carbocycles. The Labute approximate surface area is 137 Å². The lowest BCUT2D eigenvalue weighted by Gasteiger charge is -2.11. The molecule has 0 radical (unpaired) electrons. The maximum absolute atomic E-state index is 12.9. The Hall–Kier alpha value is -2.68. The van der Waals surface area contributed by atoms with Crippen LogP contribution >= 0.6 is 11.3 Å². The van der Waals surface area contributed by atoms with E-state index in [0.717, 1.165) is 17.0 Å². The second-order valence-corrected chi connectivity index (χ2v) is 5.56. The van der Waals surface area contributed by atoms with Crippen LogP contribution in [0, 0.1) is 0 Å². The lowest BCUT2D eigenvalue weighted by atomic mass is 10.1. The van der Waals surface area contributed by atoms with Gasteiger partial charge in [-0.25, -0.2) is 4.79 Å². The van der Waals surface area contributed by atoms with E-state index < -0.39 is 29.9 Å². The van der Waals surface area contributed by atoms with Crippen molar-refractivity contribution in [3.8, 4) is 10.7 Å². The average molecular weight is 354 g/mol. The lowest BCUT2D eigenvalue weighted by Crippen LogP contribution is -2.15. The number of alkyl halides is 3. The van der Waals surface area contributed by atoms with Crippen molar-refractivity contribution in [3.63, 3.8) is 0 Å². The summed E-state index contributed by atoms with van der Waals surface area (Å²) in [6.07, 6.45) is -4.65. The van der Waals surface area contributed by atoms with Gasteiger partial charge in [0.25, 0.3) is 5.89 Å². The number of thiophene rings is 1. The van der Waals surface area contributed by atoms with Crippen molar-refractivity contribution < 1.29 is 27.2 Å². The van der Waals surface area contributed by atoms with Gasteiger partial charge in [-0.15, -0.1) is 11.3 Å². The zero-order chi connectivity index (χ0) is 17.2. The van der Waals surface area contributed by atoms with Gasteiger partial charge < -0.3 is 9.26 Å². The minimum Gasteiger partial charge on any atom is -0.452 e. The number of benzene rings is 1. The van der Waals surface area contributed by atoms with E-state index in [1.165, 1.54) is 23.5 Å². The molecule has 0 N–H and O–H groups in total. The fourth-order valence-corrected chi connectivity index (χ4v) is 2.58. The smallest absolute Gasteiger partial charge is 0.417 e. The highest BCUT2D eigenvalue weighted by molar-refractivity contribution is 7.13. The van der Waals surface area contributed by atoms with Gasteiger partial charge >= 0.3 is 12.1 Å². The Morgan fingerprint density at radius 2 is 2.00 bits per heavy atom. The van der Waals surface area contributed by atoms with Gasteiger partial charge in [0.1, 0.15) is 0 Å². The molecule has 0 saturated heterocycles. The first-order valence-electron chi connectivity index (χ1n) is 6.65. The van der Waals surface area contributed by atoms with E-state index in [1.807, 2.05) is 11.4 Å². The second-order valence-electron chi connectivity index (χ2n) is 4.61. The highest BCUT2D eigenvalue weighted by Crippen LogP contribution is 2.32. The number of rotatable bonds is 4. The van der Waals surface area contributed by atoms with Crippen LogP contribution in [0.4, 0.5) is 13.2 Å². The molecule has 24 heavy (non-hydrogen) atoms. The molecule has 3 aromatic rings. The molecule has 124 valence electrons. The van der Waals surface area contributed by atoms with E-state index >= 15 is 0 Å². The van der Waals surface area contributed by atoms with E-state index in [-0.39, 0.29) is 5.89 Å². The molecule has 0 fully saturated rings. The topological polar surface area (TPSA) is 65.2 Å². The van der Waals surface area contributed by atoms with Crippen LogP contribution < -0.4 is 0 Å². The molecule has 0 amide bonds. The largest absolute Gasteiger partial charge is 0.452 e. The first-order valence-corrected chi connectivity index (χ1v) is 7.53. The summed E-state index contributed by atoms with van der Waals surface area (Å²) in [5, 5.41) is 5.55. The molecule has 0 unspecified atom stereocenters. The Morgan fingerprint density at radius 3 is 2.71 bits per heavy atom. The van der Waals surface area contributed by atoms with Gasteiger partial charge in [-0.1, -0.05) is 23.4 Å². The van der Waals surface area contributed by atoms with E-state index in [2.05, 4.69) is 10.1 Å². The molecule has 2 aromatic heterocycles. The van der Waals surface area contributed by atoms with Crippen molar-refractivity contribution in [1.29, 1.82) is 0 Å². The van der Waals surface area contributed by atoms with E-state index in [1.54, 1.807) is 6.07 Å². The number of hydrogen-bond acceptors (Lipinski definition) is 6. The standard InChI is InChI=1S/C15H9F3N2O3S/c16-15(17,18)10-5-2-1-4-9(10)14(21)22-8-12-19-13(20-23-12)11-6-3-7-24-11/h1-7H,8H2. The van der Waals surface area contributed by atoms with Crippen LogP contribution in [0.25, 0.3) is 10.7 Å². The quantitative estimate of drug-likeness (QED) is 0.658. The third kappa shape index (κ3) is 3.46. The Balaban J connectivity index is 1.71. The van der Waals surface area contributed by atoms with E-state index in [0.29, 0.717) is 5.82 Å². The SMILES string of the molecule is O=C(OCc1nc(-c2cccs2)no1)c1ccccc1C(F)(F)F. The molecule has 0 atom stereocenters. The number of aromatic nitrogens is 2. The summed E-state index contributed by atoms with van der Waals surface area (Å²) in [4.78, 5) is 16.7. The van der Waals surface area contributed by atoms with Gasteiger partial charge in [0.05, 0.1) is 16.0 Å². The predicted molar refractivity (Wildman–Crippen MR) is 78.2 cm³/mol. The van der Waals surface area contributed by atoms with Crippen LogP contribution in [-0.4, -0.2) is 16.1 Å². The molecule has 3 rings (SSSR count). The van der Waals surface area contributed by atoms with Crippen LogP contribution in [-0.2, 0) is 17.5 Å². The van der Waals surface area contributed by atoms with Crippen molar-refractivity contribution in [1.82, 2.24) is 10.1 Å². The minimum atomic E-state index is -4.65. The third-order valence-corrected chi connectivity index (χ3v) is 3.85. The average Bonchev–Trinajstić information content (AvgIpc) is 3.23.